The Labute approximate surface area is 199 Å². The van der Waals surface area contributed by atoms with Crippen LogP contribution in [0.5, 0.6) is 0 Å². The summed E-state index contributed by atoms with van der Waals surface area (Å²) in [6.07, 6.45) is 4.46. The molecule has 0 atom stereocenters. The third-order valence-electron chi connectivity index (χ3n) is 5.13. The third-order valence-corrected chi connectivity index (χ3v) is 6.66. The number of nitrogens with zero attached hydrogens (tertiary/aromatic N) is 4. The summed E-state index contributed by atoms with van der Waals surface area (Å²) in [4.78, 5) is 22.7. The van der Waals surface area contributed by atoms with Gasteiger partial charge in [0.2, 0.25) is 16.0 Å². The second-order valence-electron chi connectivity index (χ2n) is 7.88. The molecule has 0 radical (unpaired) electrons. The summed E-state index contributed by atoms with van der Waals surface area (Å²) >= 11 is 6.07. The predicted molar refractivity (Wildman–Crippen MR) is 126 cm³/mol. The second kappa shape index (κ2) is 8.84. The maximum Gasteiger partial charge on any atom is 0.282 e. The summed E-state index contributed by atoms with van der Waals surface area (Å²) in [6, 6.07) is 6.03. The van der Waals surface area contributed by atoms with E-state index in [0.29, 0.717) is 22.6 Å². The van der Waals surface area contributed by atoms with Crippen molar-refractivity contribution in [3.63, 3.8) is 0 Å². The number of benzene rings is 1. The highest BCUT2D eigenvalue weighted by atomic mass is 35.5. The average Bonchev–Trinajstić information content (AvgIpc) is 3.13. The lowest BCUT2D eigenvalue weighted by atomic mass is 10.1. The van der Waals surface area contributed by atoms with E-state index in [4.69, 9.17) is 11.6 Å². The Hall–Kier alpha value is -3.25. The minimum absolute atomic E-state index is 0.110. The van der Waals surface area contributed by atoms with Crippen molar-refractivity contribution >= 4 is 44.6 Å². The van der Waals surface area contributed by atoms with Crippen molar-refractivity contribution in [1.82, 2.24) is 14.5 Å². The Morgan fingerprint density at radius 1 is 1.15 bits per heavy atom. The van der Waals surface area contributed by atoms with Gasteiger partial charge in [-0.1, -0.05) is 11.6 Å². The molecule has 0 bridgehead atoms. The van der Waals surface area contributed by atoms with E-state index in [9.17, 15) is 22.0 Å². The van der Waals surface area contributed by atoms with Crippen molar-refractivity contribution in [3.8, 4) is 5.95 Å². The second-order valence-corrected chi connectivity index (χ2v) is 10.3. The zero-order chi connectivity index (χ0) is 24.7. The highest BCUT2D eigenvalue weighted by molar-refractivity contribution is 7.92. The molecular formula is C21H21ClF2N6O3S. The molecule has 9 nitrogen and oxygen atoms in total. The van der Waals surface area contributed by atoms with Gasteiger partial charge in [-0.05, 0) is 38.1 Å². The number of rotatable bonds is 7. The number of hydrogen-bond donors (Lipinski definition) is 2. The van der Waals surface area contributed by atoms with Gasteiger partial charge in [0.25, 0.3) is 11.8 Å². The van der Waals surface area contributed by atoms with Crippen LogP contribution in [-0.4, -0.2) is 53.6 Å². The van der Waals surface area contributed by atoms with Gasteiger partial charge in [-0.2, -0.15) is 0 Å². The number of hydrogen-bond acceptors (Lipinski definition) is 6. The minimum atomic E-state index is -3.51. The van der Waals surface area contributed by atoms with Crippen molar-refractivity contribution in [2.45, 2.75) is 19.8 Å². The van der Waals surface area contributed by atoms with Crippen LogP contribution in [0.4, 0.5) is 25.8 Å². The molecule has 1 fully saturated rings. The van der Waals surface area contributed by atoms with E-state index in [1.807, 2.05) is 0 Å². The number of carbonyl (C=O) groups excluding carboxylic acids is 1. The SMILES string of the molecule is CCS(=O)(=O)Nc1cc(Cl)cc(NC(=O)c2cc(C)n(-c3ncc(N4CC(F)(F)C4)cn3)c2)c1. The van der Waals surface area contributed by atoms with Crippen molar-refractivity contribution in [2.24, 2.45) is 0 Å². The molecule has 3 aromatic rings. The number of aromatic nitrogens is 3. The monoisotopic (exact) mass is 510 g/mol. The standard InChI is InChI=1S/C21H21ClF2N6O3S/c1-3-34(32,33)28-17-6-15(22)5-16(7-17)27-19(31)14-4-13(2)30(10-14)20-25-8-18(9-26-20)29-11-21(23,24)12-29/h4-10,28H,3,11-12H2,1-2H3,(H,27,31). The molecule has 1 aliphatic rings. The summed E-state index contributed by atoms with van der Waals surface area (Å²) in [6.45, 7) is 2.53. The zero-order valence-electron chi connectivity index (χ0n) is 18.2. The molecule has 1 amide bonds. The van der Waals surface area contributed by atoms with Gasteiger partial charge in [0.1, 0.15) is 0 Å². The van der Waals surface area contributed by atoms with Crippen LogP contribution in [0.1, 0.15) is 23.0 Å². The highest BCUT2D eigenvalue weighted by Crippen LogP contribution is 2.31. The molecule has 0 spiro atoms. The molecular weight excluding hydrogens is 490 g/mol. The number of nitrogens with one attached hydrogen (secondary N) is 2. The Balaban J connectivity index is 1.49. The molecule has 4 rings (SSSR count). The molecule has 2 N–H and O–H groups in total. The first-order valence-electron chi connectivity index (χ1n) is 10.2. The lowest BCUT2D eigenvalue weighted by molar-refractivity contribution is -0.0263. The maximum absolute atomic E-state index is 13.1. The first kappa shape index (κ1) is 23.9. The van der Waals surface area contributed by atoms with E-state index < -0.39 is 21.9 Å². The third kappa shape index (κ3) is 5.28. The van der Waals surface area contributed by atoms with Gasteiger partial charge in [-0.25, -0.2) is 27.2 Å². The summed E-state index contributed by atoms with van der Waals surface area (Å²) in [5, 5.41) is 2.94. The number of sulfonamides is 1. The van der Waals surface area contributed by atoms with Gasteiger partial charge < -0.3 is 10.2 Å². The topological polar surface area (TPSA) is 109 Å². The molecule has 3 heterocycles. The van der Waals surface area contributed by atoms with E-state index in [-0.39, 0.29) is 35.5 Å². The van der Waals surface area contributed by atoms with Gasteiger partial charge in [0.15, 0.2) is 0 Å². The van der Waals surface area contributed by atoms with Crippen LogP contribution in [0.2, 0.25) is 5.02 Å². The first-order chi connectivity index (χ1) is 15.9. The minimum Gasteiger partial charge on any atom is -0.357 e. The van der Waals surface area contributed by atoms with Gasteiger partial charge in [0.05, 0.1) is 48.2 Å². The zero-order valence-corrected chi connectivity index (χ0v) is 19.8. The fourth-order valence-electron chi connectivity index (χ4n) is 3.38. The number of amides is 1. The van der Waals surface area contributed by atoms with E-state index >= 15 is 0 Å². The number of aryl methyl sites for hydroxylation is 1. The van der Waals surface area contributed by atoms with Crippen molar-refractivity contribution in [1.29, 1.82) is 0 Å². The van der Waals surface area contributed by atoms with E-state index in [0.717, 1.165) is 0 Å². The van der Waals surface area contributed by atoms with Crippen molar-refractivity contribution in [2.75, 3.05) is 33.8 Å². The number of carbonyl (C=O) groups is 1. The number of halogens is 3. The van der Waals surface area contributed by atoms with Crippen LogP contribution in [0.3, 0.4) is 0 Å². The summed E-state index contributed by atoms with van der Waals surface area (Å²) in [7, 11) is -3.51. The maximum atomic E-state index is 13.1. The molecule has 13 heteroatoms. The van der Waals surface area contributed by atoms with E-state index in [1.54, 1.807) is 23.8 Å². The van der Waals surface area contributed by atoms with E-state index in [2.05, 4.69) is 20.0 Å². The van der Waals surface area contributed by atoms with Crippen LogP contribution in [0, 0.1) is 6.92 Å². The summed E-state index contributed by atoms with van der Waals surface area (Å²) < 4.78 is 53.8. The van der Waals surface area contributed by atoms with Crippen molar-refractivity contribution in [3.05, 3.63) is 59.1 Å². The molecule has 0 aliphatic carbocycles. The van der Waals surface area contributed by atoms with Crippen LogP contribution >= 0.6 is 11.6 Å². The van der Waals surface area contributed by atoms with Crippen LogP contribution in [-0.2, 0) is 10.0 Å². The van der Waals surface area contributed by atoms with Crippen LogP contribution in [0.15, 0.2) is 42.9 Å². The molecule has 1 aromatic carbocycles. The summed E-state index contributed by atoms with van der Waals surface area (Å²) in [5.74, 6) is -2.97. The van der Waals surface area contributed by atoms with E-state index in [1.165, 1.54) is 42.4 Å². The molecule has 0 unspecified atom stereocenters. The first-order valence-corrected chi connectivity index (χ1v) is 12.2. The number of anilines is 3. The number of alkyl halides is 2. The van der Waals surface area contributed by atoms with Gasteiger partial charge in [-0.3, -0.25) is 14.1 Å². The van der Waals surface area contributed by atoms with Crippen LogP contribution in [0.25, 0.3) is 5.95 Å². The molecule has 1 aliphatic heterocycles. The van der Waals surface area contributed by atoms with Gasteiger partial charge in [-0.15, -0.1) is 0 Å². The highest BCUT2D eigenvalue weighted by Gasteiger charge is 2.44. The lowest BCUT2D eigenvalue weighted by Crippen LogP contribution is -2.56. The normalized spacial score (nSPS) is 15.0. The fraction of sp³-hybridized carbons (Fsp3) is 0.286. The smallest absolute Gasteiger partial charge is 0.282 e. The average molecular weight is 511 g/mol. The predicted octanol–water partition coefficient (Wildman–Crippen LogP) is 3.70. The van der Waals surface area contributed by atoms with Crippen molar-refractivity contribution < 1.29 is 22.0 Å². The quantitative estimate of drug-likeness (QED) is 0.501. The largest absolute Gasteiger partial charge is 0.357 e. The Morgan fingerprint density at radius 3 is 2.41 bits per heavy atom. The Kier molecular flexibility index (Phi) is 6.21. The molecule has 34 heavy (non-hydrogen) atoms. The molecule has 0 saturated carbocycles. The van der Waals surface area contributed by atoms with Crippen LogP contribution < -0.4 is 14.9 Å². The van der Waals surface area contributed by atoms with Gasteiger partial charge in [0, 0.05) is 22.6 Å². The van der Waals surface area contributed by atoms with Gasteiger partial charge >= 0.3 is 0 Å². The summed E-state index contributed by atoms with van der Waals surface area (Å²) in [5.41, 5.74) is 2.02. The molecule has 2 aromatic heterocycles. The molecule has 1 saturated heterocycles. The fourth-order valence-corrected chi connectivity index (χ4v) is 4.24. The Bertz CT molecular complexity index is 1340. The molecule has 180 valence electrons. The lowest BCUT2D eigenvalue weighted by Gasteiger charge is -2.39. The Morgan fingerprint density at radius 2 is 1.79 bits per heavy atom.